The lowest BCUT2D eigenvalue weighted by Crippen LogP contribution is -2.40. The van der Waals surface area contributed by atoms with Crippen LogP contribution in [0.15, 0.2) is 18.2 Å². The molecule has 0 aliphatic heterocycles. The van der Waals surface area contributed by atoms with E-state index >= 15 is 0 Å². The maximum atomic E-state index is 12.0. The molecule has 1 N–H and O–H groups in total. The molecule has 1 atom stereocenters. The Morgan fingerprint density at radius 2 is 2.24 bits per heavy atom. The minimum atomic E-state index is -0.0253. The van der Waals surface area contributed by atoms with Crippen molar-refractivity contribution < 1.29 is 4.79 Å². The number of carbonyl (C=O) groups excluding carboxylic acids is 1. The first-order valence-electron chi connectivity index (χ1n) is 5.84. The SMILES string of the molecule is CC(NC(=O)c1ccc(I)c(Cl)c1)C1CCC1. The van der Waals surface area contributed by atoms with Gasteiger partial charge in [0.1, 0.15) is 0 Å². The van der Waals surface area contributed by atoms with Gasteiger partial charge >= 0.3 is 0 Å². The highest BCUT2D eigenvalue weighted by Crippen LogP contribution is 2.29. The van der Waals surface area contributed by atoms with Gasteiger partial charge in [0.15, 0.2) is 0 Å². The maximum Gasteiger partial charge on any atom is 0.251 e. The van der Waals surface area contributed by atoms with E-state index in [0.29, 0.717) is 16.5 Å². The summed E-state index contributed by atoms with van der Waals surface area (Å²) in [5.74, 6) is 0.626. The third kappa shape index (κ3) is 3.13. The Bertz CT molecular complexity index is 431. The molecule has 1 unspecified atom stereocenters. The molecule has 0 aromatic heterocycles. The summed E-state index contributed by atoms with van der Waals surface area (Å²) in [5, 5.41) is 3.68. The van der Waals surface area contributed by atoms with Crippen LogP contribution < -0.4 is 5.32 Å². The number of benzene rings is 1. The van der Waals surface area contributed by atoms with Crippen molar-refractivity contribution in [3.05, 3.63) is 32.4 Å². The van der Waals surface area contributed by atoms with Gasteiger partial charge in [-0.2, -0.15) is 0 Å². The predicted octanol–water partition coefficient (Wildman–Crippen LogP) is 3.86. The molecule has 1 aliphatic rings. The largest absolute Gasteiger partial charge is 0.349 e. The molecule has 1 amide bonds. The number of carbonyl (C=O) groups is 1. The molecule has 1 aromatic rings. The molecule has 0 saturated heterocycles. The van der Waals surface area contributed by atoms with Crippen molar-refractivity contribution in [1.82, 2.24) is 5.32 Å². The van der Waals surface area contributed by atoms with Crippen LogP contribution in [0.1, 0.15) is 36.5 Å². The van der Waals surface area contributed by atoms with Crippen LogP contribution in [0.3, 0.4) is 0 Å². The lowest BCUT2D eigenvalue weighted by atomic mass is 9.80. The van der Waals surface area contributed by atoms with Crippen molar-refractivity contribution >= 4 is 40.1 Å². The topological polar surface area (TPSA) is 29.1 Å². The van der Waals surface area contributed by atoms with E-state index < -0.39 is 0 Å². The first-order valence-corrected chi connectivity index (χ1v) is 7.29. The second kappa shape index (κ2) is 5.57. The molecule has 17 heavy (non-hydrogen) atoms. The minimum absolute atomic E-state index is 0.0253. The van der Waals surface area contributed by atoms with E-state index in [4.69, 9.17) is 11.6 Å². The van der Waals surface area contributed by atoms with Crippen LogP contribution in [0.4, 0.5) is 0 Å². The van der Waals surface area contributed by atoms with Gasteiger partial charge in [0.05, 0.1) is 5.02 Å². The van der Waals surface area contributed by atoms with Crippen molar-refractivity contribution in [2.45, 2.75) is 32.2 Å². The average molecular weight is 364 g/mol. The van der Waals surface area contributed by atoms with Gasteiger partial charge < -0.3 is 5.32 Å². The van der Waals surface area contributed by atoms with Gasteiger partial charge in [-0.1, -0.05) is 18.0 Å². The standard InChI is InChI=1S/C13H15ClINO/c1-8(9-3-2-4-9)16-13(17)10-5-6-12(15)11(14)7-10/h5-9H,2-4H2,1H3,(H,16,17). The van der Waals surface area contributed by atoms with Gasteiger partial charge in [-0.25, -0.2) is 0 Å². The summed E-state index contributed by atoms with van der Waals surface area (Å²) in [6.07, 6.45) is 3.75. The van der Waals surface area contributed by atoms with E-state index in [-0.39, 0.29) is 11.9 Å². The summed E-state index contributed by atoms with van der Waals surface area (Å²) in [6, 6.07) is 5.67. The summed E-state index contributed by atoms with van der Waals surface area (Å²) >= 11 is 8.16. The van der Waals surface area contributed by atoms with Crippen LogP contribution in [-0.4, -0.2) is 11.9 Å². The minimum Gasteiger partial charge on any atom is -0.349 e. The summed E-state index contributed by atoms with van der Waals surface area (Å²) < 4.78 is 0.966. The lowest BCUT2D eigenvalue weighted by Gasteiger charge is -2.31. The first kappa shape index (κ1) is 13.1. The molecule has 4 heteroatoms. The molecular weight excluding hydrogens is 349 g/mol. The molecule has 1 saturated carbocycles. The fraction of sp³-hybridized carbons (Fsp3) is 0.462. The summed E-state index contributed by atoms with van der Waals surface area (Å²) in [7, 11) is 0. The Kier molecular flexibility index (Phi) is 4.31. The molecule has 2 rings (SSSR count). The number of nitrogens with one attached hydrogen (secondary N) is 1. The zero-order valence-corrected chi connectivity index (χ0v) is 12.6. The highest BCUT2D eigenvalue weighted by molar-refractivity contribution is 14.1. The van der Waals surface area contributed by atoms with Gasteiger partial charge in [0.2, 0.25) is 0 Å². The second-order valence-corrected chi connectivity index (χ2v) is 6.15. The van der Waals surface area contributed by atoms with E-state index in [1.165, 1.54) is 19.3 Å². The van der Waals surface area contributed by atoms with Crippen LogP contribution in [-0.2, 0) is 0 Å². The van der Waals surface area contributed by atoms with Gasteiger partial charge in [0, 0.05) is 15.2 Å². The third-order valence-corrected chi connectivity index (χ3v) is 4.97. The Balaban J connectivity index is 2.01. The zero-order chi connectivity index (χ0) is 12.4. The number of halogens is 2. The summed E-state index contributed by atoms with van der Waals surface area (Å²) in [4.78, 5) is 12.0. The molecule has 1 fully saturated rings. The summed E-state index contributed by atoms with van der Waals surface area (Å²) in [6.45, 7) is 2.08. The monoisotopic (exact) mass is 363 g/mol. The smallest absolute Gasteiger partial charge is 0.251 e. The van der Waals surface area contributed by atoms with Crippen LogP contribution >= 0.6 is 34.2 Å². The van der Waals surface area contributed by atoms with Crippen LogP contribution in [0, 0.1) is 9.49 Å². The zero-order valence-electron chi connectivity index (χ0n) is 9.67. The van der Waals surface area contributed by atoms with E-state index in [2.05, 4.69) is 34.8 Å². The lowest BCUT2D eigenvalue weighted by molar-refractivity contribution is 0.0909. The fourth-order valence-electron chi connectivity index (χ4n) is 1.99. The van der Waals surface area contributed by atoms with Gasteiger partial charge in [-0.15, -0.1) is 0 Å². The molecule has 1 aliphatic carbocycles. The Hall–Kier alpha value is -0.290. The normalized spacial score (nSPS) is 17.4. The number of hydrogen-bond donors (Lipinski definition) is 1. The van der Waals surface area contributed by atoms with Crippen molar-refractivity contribution in [3.8, 4) is 0 Å². The van der Waals surface area contributed by atoms with Crippen LogP contribution in [0.5, 0.6) is 0 Å². The Morgan fingerprint density at radius 1 is 1.53 bits per heavy atom. The molecule has 0 heterocycles. The summed E-state index contributed by atoms with van der Waals surface area (Å²) in [5.41, 5.74) is 0.640. The Morgan fingerprint density at radius 3 is 2.76 bits per heavy atom. The average Bonchev–Trinajstić information content (AvgIpc) is 2.19. The van der Waals surface area contributed by atoms with Crippen molar-refractivity contribution in [2.24, 2.45) is 5.92 Å². The van der Waals surface area contributed by atoms with Gasteiger partial charge in [-0.3, -0.25) is 4.79 Å². The molecule has 2 nitrogen and oxygen atoms in total. The predicted molar refractivity (Wildman–Crippen MR) is 78.4 cm³/mol. The van der Waals surface area contributed by atoms with Gasteiger partial charge in [0.25, 0.3) is 5.91 Å². The third-order valence-electron chi connectivity index (χ3n) is 3.40. The van der Waals surface area contributed by atoms with E-state index in [9.17, 15) is 4.79 Å². The molecule has 92 valence electrons. The van der Waals surface area contributed by atoms with Gasteiger partial charge in [-0.05, 0) is 66.5 Å². The van der Waals surface area contributed by atoms with Crippen LogP contribution in [0.25, 0.3) is 0 Å². The highest BCUT2D eigenvalue weighted by Gasteiger charge is 2.25. The molecule has 0 bridgehead atoms. The number of amides is 1. The first-order chi connectivity index (χ1) is 8.08. The van der Waals surface area contributed by atoms with Crippen molar-refractivity contribution in [2.75, 3.05) is 0 Å². The van der Waals surface area contributed by atoms with Crippen molar-refractivity contribution in [3.63, 3.8) is 0 Å². The van der Waals surface area contributed by atoms with E-state index in [0.717, 1.165) is 3.57 Å². The fourth-order valence-corrected chi connectivity index (χ4v) is 2.50. The second-order valence-electron chi connectivity index (χ2n) is 4.58. The quantitative estimate of drug-likeness (QED) is 0.812. The highest BCUT2D eigenvalue weighted by atomic mass is 127. The maximum absolute atomic E-state index is 12.0. The van der Waals surface area contributed by atoms with Crippen LogP contribution in [0.2, 0.25) is 5.02 Å². The van der Waals surface area contributed by atoms with Crippen molar-refractivity contribution in [1.29, 1.82) is 0 Å². The Labute approximate surface area is 120 Å². The molecule has 0 spiro atoms. The number of rotatable bonds is 3. The van der Waals surface area contributed by atoms with E-state index in [1.54, 1.807) is 6.07 Å². The van der Waals surface area contributed by atoms with E-state index in [1.807, 2.05) is 12.1 Å². The number of hydrogen-bond acceptors (Lipinski definition) is 1. The molecule has 1 aromatic carbocycles. The molecule has 0 radical (unpaired) electrons. The molecular formula is C13H15ClINO.